The first-order chi connectivity index (χ1) is 14.2. The Balaban J connectivity index is 0.00000171. The van der Waals surface area contributed by atoms with Crippen molar-refractivity contribution in [2.45, 2.75) is 26.0 Å². The number of aromatic nitrogens is 1. The summed E-state index contributed by atoms with van der Waals surface area (Å²) >= 11 is 0. The summed E-state index contributed by atoms with van der Waals surface area (Å²) in [6, 6.07) is 13.5. The van der Waals surface area contributed by atoms with Crippen molar-refractivity contribution in [2.24, 2.45) is 0 Å². The Morgan fingerprint density at radius 2 is 2.06 bits per heavy atom. The third-order valence-corrected chi connectivity index (χ3v) is 5.50. The van der Waals surface area contributed by atoms with E-state index in [1.54, 1.807) is 18.5 Å². The van der Waals surface area contributed by atoms with Gasteiger partial charge in [-0.15, -0.1) is 24.8 Å². The lowest BCUT2D eigenvalue weighted by Gasteiger charge is -2.48. The van der Waals surface area contributed by atoms with Gasteiger partial charge in [0.1, 0.15) is 11.5 Å². The molecule has 0 bridgehead atoms. The quantitative estimate of drug-likeness (QED) is 0.524. The van der Waals surface area contributed by atoms with Crippen LogP contribution < -0.4 is 15.0 Å². The second-order valence-corrected chi connectivity index (χ2v) is 7.19. The highest BCUT2D eigenvalue weighted by Gasteiger charge is 2.40. The molecule has 3 heterocycles. The fourth-order valence-corrected chi connectivity index (χ4v) is 3.96. The average Bonchev–Trinajstić information content (AvgIpc) is 3.24. The zero-order valence-corrected chi connectivity index (χ0v) is 19.2. The van der Waals surface area contributed by atoms with E-state index >= 15 is 0 Å². The van der Waals surface area contributed by atoms with E-state index in [9.17, 15) is 4.79 Å². The van der Waals surface area contributed by atoms with Crippen molar-refractivity contribution < 1.29 is 13.9 Å². The minimum atomic E-state index is -0.526. The molecule has 3 aromatic rings. The number of carbonyl (C=O) groups excluding carboxylic acids is 1. The van der Waals surface area contributed by atoms with Crippen LogP contribution in [-0.2, 0) is 0 Å². The number of piperazine rings is 1. The molecule has 1 unspecified atom stereocenters. The summed E-state index contributed by atoms with van der Waals surface area (Å²) in [5, 5.41) is 3.48. The third kappa shape index (κ3) is 4.87. The molecule has 6 nitrogen and oxygen atoms in total. The number of nitrogens with zero attached hydrogens (tertiary/aromatic N) is 2. The van der Waals surface area contributed by atoms with Gasteiger partial charge >= 0.3 is 0 Å². The van der Waals surface area contributed by atoms with Gasteiger partial charge in [0.15, 0.2) is 17.8 Å². The van der Waals surface area contributed by atoms with Crippen LogP contribution >= 0.6 is 24.8 Å². The lowest BCUT2D eigenvalue weighted by Crippen LogP contribution is -2.64. The van der Waals surface area contributed by atoms with Crippen molar-refractivity contribution in [1.29, 1.82) is 0 Å². The standard InChI is InChI=1S/C23H25N3O3.2ClH/c1-3-23(29-18-6-5-11-24-14-18)16-25-12-13-26(23)21-8-4-7-20(17(21)2)22-10-9-19(15-27)28-22;;/h4-11,14-15,25H,3,12-13,16H2,1-2H3;2*1H. The molecule has 0 amide bonds. The van der Waals surface area contributed by atoms with Crippen LogP contribution in [0.15, 0.2) is 59.3 Å². The van der Waals surface area contributed by atoms with Crippen LogP contribution in [0, 0.1) is 6.92 Å². The van der Waals surface area contributed by atoms with E-state index in [0.717, 1.165) is 48.4 Å². The molecule has 8 heteroatoms. The van der Waals surface area contributed by atoms with Gasteiger partial charge in [0.25, 0.3) is 0 Å². The average molecular weight is 464 g/mol. The molecular weight excluding hydrogens is 437 g/mol. The smallest absolute Gasteiger partial charge is 0.195 e. The fourth-order valence-electron chi connectivity index (χ4n) is 3.96. The lowest BCUT2D eigenvalue weighted by atomic mass is 9.99. The summed E-state index contributed by atoms with van der Waals surface area (Å²) in [6.45, 7) is 6.62. The largest absolute Gasteiger partial charge is 0.465 e. The van der Waals surface area contributed by atoms with Gasteiger partial charge in [-0.25, -0.2) is 0 Å². The number of nitrogens with one attached hydrogen (secondary N) is 1. The summed E-state index contributed by atoms with van der Waals surface area (Å²) in [4.78, 5) is 17.5. The van der Waals surface area contributed by atoms with Gasteiger partial charge in [-0.2, -0.15) is 0 Å². The Bertz CT molecular complexity index is 997. The number of benzene rings is 1. The number of aldehydes is 1. The van der Waals surface area contributed by atoms with Crippen LogP contribution in [-0.4, -0.2) is 36.6 Å². The predicted octanol–water partition coefficient (Wildman–Crippen LogP) is 4.90. The SMILES string of the molecule is CCC1(Oc2cccnc2)CNCCN1c1cccc(-c2ccc(C=O)o2)c1C.Cl.Cl. The first-order valence-electron chi connectivity index (χ1n) is 9.89. The van der Waals surface area contributed by atoms with Crippen LogP contribution in [0.2, 0.25) is 0 Å². The van der Waals surface area contributed by atoms with Crippen molar-refractivity contribution in [1.82, 2.24) is 10.3 Å². The molecule has 1 aliphatic heterocycles. The van der Waals surface area contributed by atoms with Gasteiger partial charge in [-0.3, -0.25) is 9.78 Å². The number of pyridine rings is 1. The fraction of sp³-hybridized carbons (Fsp3) is 0.304. The van der Waals surface area contributed by atoms with Crippen LogP contribution in [0.4, 0.5) is 5.69 Å². The number of furan rings is 1. The van der Waals surface area contributed by atoms with Crippen LogP contribution in [0.3, 0.4) is 0 Å². The molecule has 0 saturated carbocycles. The topological polar surface area (TPSA) is 67.6 Å². The molecule has 1 aliphatic rings. The highest BCUT2D eigenvalue weighted by Crippen LogP contribution is 2.37. The Morgan fingerprint density at radius 1 is 1.23 bits per heavy atom. The molecule has 0 aliphatic carbocycles. The van der Waals surface area contributed by atoms with E-state index in [-0.39, 0.29) is 24.8 Å². The van der Waals surface area contributed by atoms with Gasteiger partial charge in [0.2, 0.25) is 0 Å². The molecule has 0 spiro atoms. The molecular formula is C23H27Cl2N3O3. The molecule has 1 atom stereocenters. The third-order valence-electron chi connectivity index (χ3n) is 5.50. The highest BCUT2D eigenvalue weighted by atomic mass is 35.5. The second-order valence-electron chi connectivity index (χ2n) is 7.19. The summed E-state index contributed by atoms with van der Waals surface area (Å²) < 4.78 is 12.2. The van der Waals surface area contributed by atoms with E-state index in [4.69, 9.17) is 9.15 Å². The molecule has 166 valence electrons. The number of rotatable bonds is 6. The number of carbonyl (C=O) groups is 1. The zero-order valence-electron chi connectivity index (χ0n) is 17.5. The maximum atomic E-state index is 11.0. The monoisotopic (exact) mass is 463 g/mol. The number of ether oxygens (including phenoxy) is 1. The Kier molecular flexibility index (Phi) is 8.51. The number of hydrogen-bond donors (Lipinski definition) is 1. The van der Waals surface area contributed by atoms with Crippen LogP contribution in [0.5, 0.6) is 5.75 Å². The second kappa shape index (κ2) is 10.7. The lowest BCUT2D eigenvalue weighted by molar-refractivity contribution is 0.0473. The molecule has 1 fully saturated rings. The van der Waals surface area contributed by atoms with E-state index in [0.29, 0.717) is 18.1 Å². The normalized spacial score (nSPS) is 17.9. The summed E-state index contributed by atoms with van der Waals surface area (Å²) in [6.07, 6.45) is 5.02. The first-order valence-corrected chi connectivity index (χ1v) is 9.89. The minimum Gasteiger partial charge on any atom is -0.465 e. The minimum absolute atomic E-state index is 0. The van der Waals surface area contributed by atoms with Crippen LogP contribution in [0.1, 0.15) is 29.5 Å². The van der Waals surface area contributed by atoms with Crippen molar-refractivity contribution in [3.63, 3.8) is 0 Å². The predicted molar refractivity (Wildman–Crippen MR) is 127 cm³/mol. The summed E-state index contributed by atoms with van der Waals surface area (Å²) in [5.41, 5.74) is 2.63. The molecule has 1 saturated heterocycles. The maximum Gasteiger partial charge on any atom is 0.195 e. The zero-order chi connectivity index (χ0) is 20.3. The van der Waals surface area contributed by atoms with E-state index in [1.807, 2.05) is 30.3 Å². The Labute approximate surface area is 194 Å². The Morgan fingerprint density at radius 3 is 2.74 bits per heavy atom. The van der Waals surface area contributed by atoms with Gasteiger partial charge in [-0.1, -0.05) is 19.1 Å². The molecule has 1 N–H and O–H groups in total. The number of hydrogen-bond acceptors (Lipinski definition) is 6. The maximum absolute atomic E-state index is 11.0. The van der Waals surface area contributed by atoms with Crippen molar-refractivity contribution in [3.8, 4) is 17.1 Å². The molecule has 31 heavy (non-hydrogen) atoms. The summed E-state index contributed by atoms with van der Waals surface area (Å²) in [5.74, 6) is 1.77. The first kappa shape index (κ1) is 24.7. The van der Waals surface area contributed by atoms with E-state index < -0.39 is 5.72 Å². The van der Waals surface area contributed by atoms with Gasteiger partial charge in [-0.05, 0) is 42.8 Å². The van der Waals surface area contributed by atoms with Gasteiger partial charge < -0.3 is 19.4 Å². The molecule has 0 radical (unpaired) electrons. The highest BCUT2D eigenvalue weighted by molar-refractivity contribution is 5.85. The molecule has 2 aromatic heterocycles. The molecule has 4 rings (SSSR count). The van der Waals surface area contributed by atoms with Crippen molar-refractivity contribution in [3.05, 3.63) is 66.2 Å². The Hall–Kier alpha value is -2.54. The van der Waals surface area contributed by atoms with Crippen molar-refractivity contribution in [2.75, 3.05) is 24.5 Å². The van der Waals surface area contributed by atoms with Gasteiger partial charge in [0, 0.05) is 37.0 Å². The van der Waals surface area contributed by atoms with E-state index in [2.05, 4.69) is 35.1 Å². The van der Waals surface area contributed by atoms with Gasteiger partial charge in [0.05, 0.1) is 12.7 Å². The number of halogens is 2. The molecule has 1 aromatic carbocycles. The van der Waals surface area contributed by atoms with E-state index in [1.165, 1.54) is 0 Å². The summed E-state index contributed by atoms with van der Waals surface area (Å²) in [7, 11) is 0. The number of anilines is 1. The van der Waals surface area contributed by atoms with Crippen LogP contribution in [0.25, 0.3) is 11.3 Å². The van der Waals surface area contributed by atoms with Crippen molar-refractivity contribution >= 4 is 36.8 Å².